The van der Waals surface area contributed by atoms with Crippen molar-refractivity contribution in [2.75, 3.05) is 36.5 Å². The number of sulfone groups is 1. The fourth-order valence-electron chi connectivity index (χ4n) is 2.62. The molecule has 1 unspecified atom stereocenters. The number of anilines is 1. The standard InChI is InChI=1S/C15H21FN2O3S/c1-3-18(13-6-4-5-12(16)9-13)10-15(19)17(2)14-7-8-22(20,21)11-14/h4-6,9,14H,3,7-8,10-11H2,1-2H3. The third-order valence-corrected chi connectivity index (χ3v) is 5.78. The molecule has 1 aliphatic heterocycles. The molecule has 0 saturated carbocycles. The maximum Gasteiger partial charge on any atom is 0.242 e. The normalized spacial score (nSPS) is 19.9. The van der Waals surface area contributed by atoms with Crippen LogP contribution in [0.15, 0.2) is 24.3 Å². The van der Waals surface area contributed by atoms with Gasteiger partial charge in [0, 0.05) is 25.3 Å². The van der Waals surface area contributed by atoms with Gasteiger partial charge >= 0.3 is 0 Å². The van der Waals surface area contributed by atoms with Crippen LogP contribution in [0.25, 0.3) is 0 Å². The molecule has 0 bridgehead atoms. The van der Waals surface area contributed by atoms with Crippen molar-refractivity contribution in [3.63, 3.8) is 0 Å². The minimum atomic E-state index is -3.02. The molecule has 1 heterocycles. The number of rotatable bonds is 5. The van der Waals surface area contributed by atoms with Crippen molar-refractivity contribution in [2.45, 2.75) is 19.4 Å². The Hall–Kier alpha value is -1.63. The average molecular weight is 328 g/mol. The second-order valence-corrected chi connectivity index (χ2v) is 7.78. The van der Waals surface area contributed by atoms with Crippen molar-refractivity contribution in [3.05, 3.63) is 30.1 Å². The van der Waals surface area contributed by atoms with Crippen LogP contribution in [-0.2, 0) is 14.6 Å². The quantitative estimate of drug-likeness (QED) is 0.817. The van der Waals surface area contributed by atoms with E-state index in [-0.39, 0.29) is 35.8 Å². The maximum atomic E-state index is 13.3. The van der Waals surface area contributed by atoms with E-state index in [9.17, 15) is 17.6 Å². The Bertz CT molecular complexity index is 648. The Morgan fingerprint density at radius 2 is 2.14 bits per heavy atom. The van der Waals surface area contributed by atoms with Gasteiger partial charge < -0.3 is 9.80 Å². The van der Waals surface area contributed by atoms with Gasteiger partial charge in [0.15, 0.2) is 9.84 Å². The Kier molecular flexibility index (Phi) is 5.05. The van der Waals surface area contributed by atoms with E-state index in [1.54, 1.807) is 24.1 Å². The fraction of sp³-hybridized carbons (Fsp3) is 0.533. The molecule has 1 aromatic rings. The first-order chi connectivity index (χ1) is 10.3. The van der Waals surface area contributed by atoms with E-state index in [0.717, 1.165) is 0 Å². The van der Waals surface area contributed by atoms with Crippen molar-refractivity contribution >= 4 is 21.4 Å². The molecule has 1 saturated heterocycles. The number of carbonyl (C=O) groups excluding carboxylic acids is 1. The molecule has 2 rings (SSSR count). The van der Waals surface area contributed by atoms with Crippen LogP contribution in [0.5, 0.6) is 0 Å². The third-order valence-electron chi connectivity index (χ3n) is 4.03. The SMILES string of the molecule is CCN(CC(=O)N(C)C1CCS(=O)(=O)C1)c1cccc(F)c1. The zero-order valence-electron chi connectivity index (χ0n) is 12.8. The molecule has 0 aromatic heterocycles. The van der Waals surface area contributed by atoms with Crippen LogP contribution in [0.2, 0.25) is 0 Å². The molecule has 0 N–H and O–H groups in total. The van der Waals surface area contributed by atoms with Gasteiger partial charge in [-0.05, 0) is 31.5 Å². The predicted octanol–water partition coefficient (Wildman–Crippen LogP) is 1.30. The van der Waals surface area contributed by atoms with Crippen molar-refractivity contribution in [1.82, 2.24) is 4.90 Å². The molecular formula is C15H21FN2O3S. The predicted molar refractivity (Wildman–Crippen MR) is 84.1 cm³/mol. The smallest absolute Gasteiger partial charge is 0.242 e. The zero-order chi connectivity index (χ0) is 16.3. The number of hydrogen-bond acceptors (Lipinski definition) is 4. The van der Waals surface area contributed by atoms with Crippen LogP contribution in [0.4, 0.5) is 10.1 Å². The highest BCUT2D eigenvalue weighted by Crippen LogP contribution is 2.19. The molecule has 7 heteroatoms. The van der Waals surface area contributed by atoms with Crippen molar-refractivity contribution in [3.8, 4) is 0 Å². The first-order valence-electron chi connectivity index (χ1n) is 7.29. The summed E-state index contributed by atoms with van der Waals surface area (Å²) >= 11 is 0. The summed E-state index contributed by atoms with van der Waals surface area (Å²) in [6.07, 6.45) is 0.483. The van der Waals surface area contributed by atoms with Crippen LogP contribution in [0.3, 0.4) is 0 Å². The molecule has 1 aliphatic rings. The van der Waals surface area contributed by atoms with E-state index in [0.29, 0.717) is 18.7 Å². The number of amides is 1. The Labute approximate surface area is 130 Å². The van der Waals surface area contributed by atoms with Gasteiger partial charge in [0.1, 0.15) is 5.82 Å². The molecule has 0 spiro atoms. The number of benzene rings is 1. The van der Waals surface area contributed by atoms with Crippen molar-refractivity contribution < 1.29 is 17.6 Å². The van der Waals surface area contributed by atoms with Gasteiger partial charge in [0.25, 0.3) is 0 Å². The highest BCUT2D eigenvalue weighted by atomic mass is 32.2. The maximum absolute atomic E-state index is 13.3. The molecule has 1 atom stereocenters. The lowest BCUT2D eigenvalue weighted by Gasteiger charge is -2.28. The highest BCUT2D eigenvalue weighted by Gasteiger charge is 2.33. The molecule has 0 radical (unpaired) electrons. The van der Waals surface area contributed by atoms with Crippen LogP contribution in [0.1, 0.15) is 13.3 Å². The Balaban J connectivity index is 2.03. The molecule has 0 aliphatic carbocycles. The largest absolute Gasteiger partial charge is 0.362 e. The minimum Gasteiger partial charge on any atom is -0.362 e. The fourth-order valence-corrected chi connectivity index (χ4v) is 4.39. The minimum absolute atomic E-state index is 0.0291. The number of nitrogens with zero attached hydrogens (tertiary/aromatic N) is 2. The summed E-state index contributed by atoms with van der Waals surface area (Å²) < 4.78 is 36.3. The highest BCUT2D eigenvalue weighted by molar-refractivity contribution is 7.91. The van der Waals surface area contributed by atoms with E-state index in [4.69, 9.17) is 0 Å². The van der Waals surface area contributed by atoms with Crippen LogP contribution in [-0.4, -0.2) is 56.9 Å². The van der Waals surface area contributed by atoms with Crippen LogP contribution in [0, 0.1) is 5.82 Å². The molecular weight excluding hydrogens is 307 g/mol. The van der Waals surface area contributed by atoms with E-state index in [2.05, 4.69) is 0 Å². The van der Waals surface area contributed by atoms with Gasteiger partial charge in [0.2, 0.25) is 5.91 Å². The average Bonchev–Trinajstić information content (AvgIpc) is 2.83. The second-order valence-electron chi connectivity index (χ2n) is 5.56. The zero-order valence-corrected chi connectivity index (χ0v) is 13.6. The van der Waals surface area contributed by atoms with Crippen molar-refractivity contribution in [1.29, 1.82) is 0 Å². The molecule has 1 fully saturated rings. The third kappa shape index (κ3) is 3.97. The topological polar surface area (TPSA) is 57.7 Å². The number of carbonyl (C=O) groups is 1. The van der Waals surface area contributed by atoms with Gasteiger partial charge in [-0.15, -0.1) is 0 Å². The monoisotopic (exact) mass is 328 g/mol. The summed E-state index contributed by atoms with van der Waals surface area (Å²) in [4.78, 5) is 15.6. The van der Waals surface area contributed by atoms with E-state index >= 15 is 0 Å². The lowest BCUT2D eigenvalue weighted by Crippen LogP contribution is -2.44. The number of hydrogen-bond donors (Lipinski definition) is 0. The summed E-state index contributed by atoms with van der Waals surface area (Å²) in [5.74, 6) is -0.343. The lowest BCUT2D eigenvalue weighted by atomic mass is 10.2. The van der Waals surface area contributed by atoms with Gasteiger partial charge in [-0.2, -0.15) is 0 Å². The molecule has 1 amide bonds. The van der Waals surface area contributed by atoms with Crippen molar-refractivity contribution in [2.24, 2.45) is 0 Å². The first-order valence-corrected chi connectivity index (χ1v) is 9.11. The van der Waals surface area contributed by atoms with Crippen LogP contribution < -0.4 is 4.90 Å². The lowest BCUT2D eigenvalue weighted by molar-refractivity contribution is -0.130. The van der Waals surface area contributed by atoms with E-state index < -0.39 is 9.84 Å². The summed E-state index contributed by atoms with van der Waals surface area (Å²) in [5.41, 5.74) is 0.642. The Morgan fingerprint density at radius 3 is 2.68 bits per heavy atom. The molecule has 5 nitrogen and oxygen atoms in total. The van der Waals surface area contributed by atoms with E-state index in [1.165, 1.54) is 17.0 Å². The van der Waals surface area contributed by atoms with Gasteiger partial charge in [-0.1, -0.05) is 6.07 Å². The summed E-state index contributed by atoms with van der Waals surface area (Å²) in [7, 11) is -1.39. The first kappa shape index (κ1) is 16.7. The summed E-state index contributed by atoms with van der Waals surface area (Å²) in [5, 5.41) is 0. The number of likely N-dealkylation sites (N-methyl/N-ethyl adjacent to an activating group) is 2. The van der Waals surface area contributed by atoms with Gasteiger partial charge in [0.05, 0.1) is 18.1 Å². The van der Waals surface area contributed by atoms with Gasteiger partial charge in [-0.3, -0.25) is 4.79 Å². The summed E-state index contributed by atoms with van der Waals surface area (Å²) in [6, 6.07) is 5.83. The van der Waals surface area contributed by atoms with Crippen LogP contribution >= 0.6 is 0 Å². The Morgan fingerprint density at radius 1 is 1.41 bits per heavy atom. The van der Waals surface area contributed by atoms with E-state index in [1.807, 2.05) is 6.92 Å². The second kappa shape index (κ2) is 6.64. The molecule has 22 heavy (non-hydrogen) atoms. The summed E-state index contributed by atoms with van der Waals surface area (Å²) in [6.45, 7) is 2.55. The molecule has 122 valence electrons. The number of halogens is 1. The molecule has 1 aromatic carbocycles. The van der Waals surface area contributed by atoms with Gasteiger partial charge in [-0.25, -0.2) is 12.8 Å².